The molecule has 0 aliphatic heterocycles. The molecule has 2 N–H and O–H groups in total. The number of hydrogen-bond acceptors (Lipinski definition) is 2. The van der Waals surface area contributed by atoms with Crippen molar-refractivity contribution in [2.24, 2.45) is 5.73 Å². The van der Waals surface area contributed by atoms with Crippen molar-refractivity contribution in [3.63, 3.8) is 0 Å². The minimum absolute atomic E-state index is 0.148. The lowest BCUT2D eigenvalue weighted by Gasteiger charge is -2.11. The van der Waals surface area contributed by atoms with Gasteiger partial charge in [0.1, 0.15) is 11.5 Å². The number of unbranched alkanes of at least 4 members (excludes halogenated alkanes) is 3. The Balaban J connectivity index is 2.55. The Bertz CT molecular complexity index is 328. The van der Waals surface area contributed by atoms with Gasteiger partial charge < -0.3 is 10.2 Å². The highest BCUT2D eigenvalue weighted by Crippen LogP contribution is 2.28. The Hall–Kier alpha value is -0.760. The van der Waals surface area contributed by atoms with E-state index in [1.807, 2.05) is 13.8 Å². The van der Waals surface area contributed by atoms with Crippen LogP contribution in [0.2, 0.25) is 0 Å². The monoisotopic (exact) mass is 223 g/mol. The zero-order chi connectivity index (χ0) is 12.1. The second-order valence-electron chi connectivity index (χ2n) is 4.71. The molecular formula is C14H25NO. The lowest BCUT2D eigenvalue weighted by molar-refractivity contribution is 0.491. The molecule has 1 rings (SSSR count). The minimum Gasteiger partial charge on any atom is -0.466 e. The fourth-order valence-electron chi connectivity index (χ4n) is 2.29. The van der Waals surface area contributed by atoms with Gasteiger partial charge in [-0.15, -0.1) is 0 Å². The first kappa shape index (κ1) is 13.3. The van der Waals surface area contributed by atoms with Crippen LogP contribution in [0.1, 0.15) is 67.7 Å². The van der Waals surface area contributed by atoms with Gasteiger partial charge >= 0.3 is 0 Å². The standard InChI is InChI=1S/C14H25NO/c1-5-6-7-8-9-13(15)14-10(2)11(3)16-12(14)4/h13H,5-9,15H2,1-4H3. The van der Waals surface area contributed by atoms with Crippen LogP contribution in [-0.4, -0.2) is 0 Å². The van der Waals surface area contributed by atoms with E-state index in [1.54, 1.807) is 0 Å². The molecule has 1 unspecified atom stereocenters. The van der Waals surface area contributed by atoms with Crippen molar-refractivity contribution in [3.8, 4) is 0 Å². The van der Waals surface area contributed by atoms with Gasteiger partial charge in [-0.25, -0.2) is 0 Å². The topological polar surface area (TPSA) is 39.2 Å². The molecule has 0 aliphatic carbocycles. The maximum Gasteiger partial charge on any atom is 0.106 e. The normalized spacial score (nSPS) is 13.1. The van der Waals surface area contributed by atoms with E-state index in [0.29, 0.717) is 0 Å². The quantitative estimate of drug-likeness (QED) is 0.735. The zero-order valence-electron chi connectivity index (χ0n) is 11.1. The number of aryl methyl sites for hydroxylation is 2. The average molecular weight is 223 g/mol. The molecule has 0 aromatic carbocycles. The van der Waals surface area contributed by atoms with Crippen LogP contribution in [0.3, 0.4) is 0 Å². The molecule has 1 aromatic heterocycles. The third-order valence-electron chi connectivity index (χ3n) is 3.36. The lowest BCUT2D eigenvalue weighted by Crippen LogP contribution is -2.11. The molecule has 0 fully saturated rings. The third-order valence-corrected chi connectivity index (χ3v) is 3.36. The second-order valence-corrected chi connectivity index (χ2v) is 4.71. The third kappa shape index (κ3) is 3.11. The molecule has 16 heavy (non-hydrogen) atoms. The summed E-state index contributed by atoms with van der Waals surface area (Å²) in [6.45, 7) is 8.36. The Labute approximate surface area is 99.2 Å². The van der Waals surface area contributed by atoms with Crippen molar-refractivity contribution in [1.29, 1.82) is 0 Å². The Morgan fingerprint density at radius 1 is 1.06 bits per heavy atom. The second kappa shape index (κ2) is 6.09. The highest BCUT2D eigenvalue weighted by atomic mass is 16.3. The van der Waals surface area contributed by atoms with Gasteiger partial charge in [-0.05, 0) is 32.8 Å². The summed E-state index contributed by atoms with van der Waals surface area (Å²) < 4.78 is 5.61. The van der Waals surface area contributed by atoms with Gasteiger partial charge in [-0.1, -0.05) is 32.6 Å². The molecular weight excluding hydrogens is 198 g/mol. The molecule has 0 amide bonds. The minimum atomic E-state index is 0.148. The van der Waals surface area contributed by atoms with E-state index in [9.17, 15) is 0 Å². The van der Waals surface area contributed by atoms with Crippen LogP contribution in [0, 0.1) is 20.8 Å². The van der Waals surface area contributed by atoms with Crippen LogP contribution < -0.4 is 5.73 Å². The fraction of sp³-hybridized carbons (Fsp3) is 0.714. The van der Waals surface area contributed by atoms with E-state index in [1.165, 1.54) is 36.8 Å². The highest BCUT2D eigenvalue weighted by molar-refractivity contribution is 5.33. The summed E-state index contributed by atoms with van der Waals surface area (Å²) in [6, 6.07) is 0.148. The van der Waals surface area contributed by atoms with Crippen molar-refractivity contribution in [3.05, 3.63) is 22.6 Å². The molecule has 1 heterocycles. The van der Waals surface area contributed by atoms with E-state index in [-0.39, 0.29) is 6.04 Å². The first-order valence-corrected chi connectivity index (χ1v) is 6.40. The number of rotatable bonds is 6. The van der Waals surface area contributed by atoms with Crippen LogP contribution in [0.25, 0.3) is 0 Å². The molecule has 0 spiro atoms. The molecule has 0 aliphatic rings. The predicted molar refractivity (Wildman–Crippen MR) is 68.6 cm³/mol. The molecule has 0 bridgehead atoms. The summed E-state index contributed by atoms with van der Waals surface area (Å²) in [4.78, 5) is 0. The van der Waals surface area contributed by atoms with Crippen molar-refractivity contribution in [1.82, 2.24) is 0 Å². The molecule has 0 saturated heterocycles. The van der Waals surface area contributed by atoms with E-state index in [2.05, 4.69) is 13.8 Å². The van der Waals surface area contributed by atoms with Crippen LogP contribution in [0.5, 0.6) is 0 Å². The first-order chi connectivity index (χ1) is 7.57. The number of furan rings is 1. The summed E-state index contributed by atoms with van der Waals surface area (Å²) in [7, 11) is 0. The Kier molecular flexibility index (Phi) is 5.07. The van der Waals surface area contributed by atoms with Crippen molar-refractivity contribution in [2.45, 2.75) is 65.8 Å². The Morgan fingerprint density at radius 3 is 2.25 bits per heavy atom. The number of hydrogen-bond donors (Lipinski definition) is 1. The van der Waals surface area contributed by atoms with Gasteiger partial charge in [0.2, 0.25) is 0 Å². The molecule has 1 atom stereocenters. The van der Waals surface area contributed by atoms with Crippen molar-refractivity contribution >= 4 is 0 Å². The summed E-state index contributed by atoms with van der Waals surface area (Å²) in [5, 5.41) is 0. The first-order valence-electron chi connectivity index (χ1n) is 6.40. The molecule has 2 heteroatoms. The summed E-state index contributed by atoms with van der Waals surface area (Å²) in [5.74, 6) is 2.01. The van der Waals surface area contributed by atoms with E-state index in [0.717, 1.165) is 17.9 Å². The van der Waals surface area contributed by atoms with Gasteiger partial charge in [0.25, 0.3) is 0 Å². The summed E-state index contributed by atoms with van der Waals surface area (Å²) >= 11 is 0. The van der Waals surface area contributed by atoms with E-state index >= 15 is 0 Å². The van der Waals surface area contributed by atoms with Gasteiger partial charge in [0.05, 0.1) is 0 Å². The van der Waals surface area contributed by atoms with Crippen molar-refractivity contribution < 1.29 is 4.42 Å². The average Bonchev–Trinajstić information content (AvgIpc) is 2.48. The van der Waals surface area contributed by atoms with Gasteiger partial charge in [-0.2, -0.15) is 0 Å². The van der Waals surface area contributed by atoms with Gasteiger partial charge in [-0.3, -0.25) is 0 Å². The predicted octanol–water partition coefficient (Wildman–Crippen LogP) is 4.18. The smallest absolute Gasteiger partial charge is 0.106 e. The highest BCUT2D eigenvalue weighted by Gasteiger charge is 2.17. The SMILES string of the molecule is CCCCCCC(N)c1c(C)oc(C)c1C. The molecule has 2 nitrogen and oxygen atoms in total. The lowest BCUT2D eigenvalue weighted by atomic mass is 9.97. The molecule has 0 saturated carbocycles. The maximum atomic E-state index is 6.23. The molecule has 1 aromatic rings. The summed E-state index contributed by atoms with van der Waals surface area (Å²) in [6.07, 6.45) is 6.17. The fourth-order valence-corrected chi connectivity index (χ4v) is 2.29. The van der Waals surface area contributed by atoms with Crippen LogP contribution >= 0.6 is 0 Å². The Morgan fingerprint density at radius 2 is 1.75 bits per heavy atom. The molecule has 0 radical (unpaired) electrons. The molecule has 92 valence electrons. The van der Waals surface area contributed by atoms with Crippen LogP contribution in [0.4, 0.5) is 0 Å². The van der Waals surface area contributed by atoms with E-state index in [4.69, 9.17) is 10.2 Å². The number of nitrogens with two attached hydrogens (primary N) is 1. The summed E-state index contributed by atoms with van der Waals surface area (Å²) in [5.41, 5.74) is 8.70. The van der Waals surface area contributed by atoms with Gasteiger partial charge in [0.15, 0.2) is 0 Å². The largest absolute Gasteiger partial charge is 0.466 e. The van der Waals surface area contributed by atoms with Crippen LogP contribution in [-0.2, 0) is 0 Å². The zero-order valence-corrected chi connectivity index (χ0v) is 11.1. The van der Waals surface area contributed by atoms with Crippen LogP contribution in [0.15, 0.2) is 4.42 Å². The van der Waals surface area contributed by atoms with E-state index < -0.39 is 0 Å². The maximum absolute atomic E-state index is 6.23. The van der Waals surface area contributed by atoms with Gasteiger partial charge in [0, 0.05) is 11.6 Å². The van der Waals surface area contributed by atoms with Crippen molar-refractivity contribution in [2.75, 3.05) is 0 Å².